The predicted octanol–water partition coefficient (Wildman–Crippen LogP) is 3.10. The maximum absolute atomic E-state index is 11.9. The predicted molar refractivity (Wildman–Crippen MR) is 52.0 cm³/mol. The van der Waals surface area contributed by atoms with Crippen molar-refractivity contribution >= 4 is 11.3 Å². The topological polar surface area (TPSA) is 35.0 Å². The molecule has 3 nitrogen and oxygen atoms in total. The van der Waals surface area contributed by atoms with Crippen molar-refractivity contribution in [3.63, 3.8) is 0 Å². The molecule has 1 heterocycles. The van der Waals surface area contributed by atoms with Gasteiger partial charge in [0.2, 0.25) is 0 Å². The summed E-state index contributed by atoms with van der Waals surface area (Å²) in [7, 11) is 0. The second kappa shape index (κ2) is 4.09. The van der Waals surface area contributed by atoms with E-state index in [-0.39, 0.29) is 5.75 Å². The van der Waals surface area contributed by atoms with Crippen molar-refractivity contribution in [1.29, 1.82) is 0 Å². The lowest BCUT2D eigenvalue weighted by atomic mass is 10.2. The van der Waals surface area contributed by atoms with Crippen molar-refractivity contribution in [2.24, 2.45) is 0 Å². The number of halogens is 3. The highest BCUT2D eigenvalue weighted by Crippen LogP contribution is 2.26. The summed E-state index contributed by atoms with van der Waals surface area (Å²) in [6, 6.07) is 5.48. The molecule has 0 bridgehead atoms. The van der Waals surface area contributed by atoms with Crippen molar-refractivity contribution < 1.29 is 17.9 Å². The number of ether oxygens (including phenoxy) is 1. The molecule has 84 valence electrons. The summed E-state index contributed by atoms with van der Waals surface area (Å²) >= 11 is 1.31. The monoisotopic (exact) mass is 246 g/mol. The minimum absolute atomic E-state index is 0.249. The van der Waals surface area contributed by atoms with Gasteiger partial charge in [-0.25, -0.2) is 0 Å². The maximum Gasteiger partial charge on any atom is 0.573 e. The first-order chi connectivity index (χ1) is 7.54. The molecule has 0 saturated heterocycles. The minimum atomic E-state index is -4.66. The van der Waals surface area contributed by atoms with Gasteiger partial charge in [-0.15, -0.1) is 23.4 Å². The van der Waals surface area contributed by atoms with Gasteiger partial charge in [-0.05, 0) is 24.3 Å². The van der Waals surface area contributed by atoms with Gasteiger partial charge in [0.1, 0.15) is 16.3 Å². The maximum atomic E-state index is 11.9. The Bertz CT molecular complexity index is 453. The Balaban J connectivity index is 2.17. The van der Waals surface area contributed by atoms with Crippen LogP contribution in [0.15, 0.2) is 29.8 Å². The van der Waals surface area contributed by atoms with Crippen molar-refractivity contribution in [3.05, 3.63) is 29.8 Å². The third kappa shape index (κ3) is 2.69. The van der Waals surface area contributed by atoms with Crippen LogP contribution in [0, 0.1) is 0 Å². The van der Waals surface area contributed by atoms with Crippen molar-refractivity contribution in [2.75, 3.05) is 0 Å². The fourth-order valence-electron chi connectivity index (χ4n) is 1.10. The normalized spacial score (nSPS) is 11.4. The Kier molecular flexibility index (Phi) is 2.78. The van der Waals surface area contributed by atoms with Gasteiger partial charge in [-0.3, -0.25) is 0 Å². The minimum Gasteiger partial charge on any atom is -0.406 e. The third-order valence-electron chi connectivity index (χ3n) is 1.69. The van der Waals surface area contributed by atoms with Crippen LogP contribution in [0.3, 0.4) is 0 Å². The number of hydrogen-bond donors (Lipinski definition) is 0. The van der Waals surface area contributed by atoms with E-state index >= 15 is 0 Å². The molecule has 0 N–H and O–H groups in total. The lowest BCUT2D eigenvalue weighted by Crippen LogP contribution is -2.16. The summed E-state index contributed by atoms with van der Waals surface area (Å²) in [5.41, 5.74) is 2.26. The van der Waals surface area contributed by atoms with E-state index in [2.05, 4.69) is 14.9 Å². The van der Waals surface area contributed by atoms with E-state index in [0.29, 0.717) is 10.6 Å². The molecule has 0 spiro atoms. The van der Waals surface area contributed by atoms with Crippen LogP contribution in [-0.2, 0) is 0 Å². The summed E-state index contributed by atoms with van der Waals surface area (Å²) in [5, 5.41) is 8.09. The summed E-state index contributed by atoms with van der Waals surface area (Å²) < 4.78 is 39.4. The molecular weight excluding hydrogens is 241 g/mol. The summed E-state index contributed by atoms with van der Waals surface area (Å²) in [5.74, 6) is -0.249. The number of benzene rings is 1. The number of nitrogens with zero attached hydrogens (tertiary/aromatic N) is 2. The first-order valence-electron chi connectivity index (χ1n) is 4.17. The molecule has 0 aliphatic carbocycles. The van der Waals surface area contributed by atoms with Gasteiger partial charge in [0.05, 0.1) is 0 Å². The third-order valence-corrected chi connectivity index (χ3v) is 2.44. The first kappa shape index (κ1) is 10.9. The standard InChI is InChI=1S/C9H5F3N2OS/c10-9(11,12)15-7-3-1-6(2-4-7)8-14-13-5-16-8/h1-5H. The first-order valence-corrected chi connectivity index (χ1v) is 5.05. The van der Waals surface area contributed by atoms with E-state index in [4.69, 9.17) is 0 Å². The average molecular weight is 246 g/mol. The second-order valence-corrected chi connectivity index (χ2v) is 3.65. The fourth-order valence-corrected chi connectivity index (χ4v) is 1.66. The van der Waals surface area contributed by atoms with Crippen molar-refractivity contribution in [1.82, 2.24) is 10.2 Å². The highest BCUT2D eigenvalue weighted by atomic mass is 32.1. The zero-order valence-corrected chi connectivity index (χ0v) is 8.55. The highest BCUT2D eigenvalue weighted by Gasteiger charge is 2.30. The molecule has 0 aliphatic heterocycles. The largest absolute Gasteiger partial charge is 0.573 e. The SMILES string of the molecule is FC(F)(F)Oc1ccc(-c2nncs2)cc1. The van der Waals surface area contributed by atoms with Crippen LogP contribution in [0.2, 0.25) is 0 Å². The molecule has 1 aromatic carbocycles. The van der Waals surface area contributed by atoms with Crippen LogP contribution in [0.5, 0.6) is 5.75 Å². The molecule has 2 aromatic rings. The van der Waals surface area contributed by atoms with Gasteiger partial charge >= 0.3 is 6.36 Å². The summed E-state index contributed by atoms with van der Waals surface area (Å²) in [6.45, 7) is 0. The molecule has 0 atom stereocenters. The Morgan fingerprint density at radius 3 is 2.31 bits per heavy atom. The zero-order valence-electron chi connectivity index (χ0n) is 7.73. The summed E-state index contributed by atoms with van der Waals surface area (Å²) in [6.07, 6.45) is -4.66. The quantitative estimate of drug-likeness (QED) is 0.816. The summed E-state index contributed by atoms with van der Waals surface area (Å²) in [4.78, 5) is 0. The molecule has 0 fully saturated rings. The van der Waals surface area contributed by atoms with Gasteiger partial charge in [-0.2, -0.15) is 0 Å². The van der Waals surface area contributed by atoms with E-state index in [0.717, 1.165) is 0 Å². The van der Waals surface area contributed by atoms with Gasteiger partial charge < -0.3 is 4.74 Å². The second-order valence-electron chi connectivity index (χ2n) is 2.82. The molecule has 0 radical (unpaired) electrons. The number of alkyl halides is 3. The zero-order chi connectivity index (χ0) is 11.6. The van der Waals surface area contributed by atoms with Crippen LogP contribution in [0.4, 0.5) is 13.2 Å². The van der Waals surface area contributed by atoms with Gasteiger partial charge in [0, 0.05) is 5.56 Å². The molecule has 0 aliphatic rings. The molecule has 0 amide bonds. The lowest BCUT2D eigenvalue weighted by molar-refractivity contribution is -0.274. The van der Waals surface area contributed by atoms with Crippen LogP contribution in [-0.4, -0.2) is 16.6 Å². The van der Waals surface area contributed by atoms with E-state index in [1.807, 2.05) is 0 Å². The average Bonchev–Trinajstić information content (AvgIpc) is 2.69. The van der Waals surface area contributed by atoms with Crippen molar-refractivity contribution in [2.45, 2.75) is 6.36 Å². The van der Waals surface area contributed by atoms with Crippen LogP contribution in [0.1, 0.15) is 0 Å². The highest BCUT2D eigenvalue weighted by molar-refractivity contribution is 7.12. The van der Waals surface area contributed by atoms with E-state index in [1.54, 1.807) is 5.51 Å². The van der Waals surface area contributed by atoms with Crippen molar-refractivity contribution in [3.8, 4) is 16.3 Å². The van der Waals surface area contributed by atoms with Gasteiger partial charge in [-0.1, -0.05) is 11.3 Å². The molecule has 0 saturated carbocycles. The number of rotatable bonds is 2. The van der Waals surface area contributed by atoms with Crippen LogP contribution >= 0.6 is 11.3 Å². The Hall–Kier alpha value is -1.63. The van der Waals surface area contributed by atoms with E-state index < -0.39 is 6.36 Å². The molecule has 1 aromatic heterocycles. The lowest BCUT2D eigenvalue weighted by Gasteiger charge is -2.08. The molecule has 2 rings (SSSR count). The molecular formula is C9H5F3N2OS. The fraction of sp³-hybridized carbons (Fsp3) is 0.111. The number of hydrogen-bond acceptors (Lipinski definition) is 4. The Labute approximate surface area is 92.5 Å². The van der Waals surface area contributed by atoms with Gasteiger partial charge in [0.25, 0.3) is 0 Å². The molecule has 7 heteroatoms. The molecule has 16 heavy (non-hydrogen) atoms. The molecule has 0 unspecified atom stereocenters. The Morgan fingerprint density at radius 2 is 1.81 bits per heavy atom. The van der Waals surface area contributed by atoms with Crippen LogP contribution < -0.4 is 4.74 Å². The van der Waals surface area contributed by atoms with E-state index in [1.165, 1.54) is 35.6 Å². The van der Waals surface area contributed by atoms with Gasteiger partial charge in [0.15, 0.2) is 0 Å². The van der Waals surface area contributed by atoms with E-state index in [9.17, 15) is 13.2 Å². The van der Waals surface area contributed by atoms with Crippen LogP contribution in [0.25, 0.3) is 10.6 Å². The Morgan fingerprint density at radius 1 is 1.12 bits per heavy atom. The smallest absolute Gasteiger partial charge is 0.406 e. The number of aromatic nitrogens is 2.